The number of nitrogens with one attached hydrogen (secondary N) is 1. The van der Waals surface area contributed by atoms with Gasteiger partial charge in [0, 0.05) is 69.8 Å². The minimum Gasteiger partial charge on any atom is -0.450 e. The molecule has 2 aliphatic rings. The minimum absolute atomic E-state index is 0.0317. The van der Waals surface area contributed by atoms with Crippen LogP contribution in [-0.4, -0.2) is 75.1 Å². The molecule has 2 unspecified atom stereocenters. The van der Waals surface area contributed by atoms with Crippen LogP contribution >= 0.6 is 39.3 Å². The van der Waals surface area contributed by atoms with E-state index in [1.807, 2.05) is 89.7 Å². The fourth-order valence-corrected chi connectivity index (χ4v) is 8.18. The first-order valence-corrected chi connectivity index (χ1v) is 16.9. The third-order valence-corrected chi connectivity index (χ3v) is 10.7. The molecule has 2 aliphatic heterocycles. The number of carbonyl (C=O) groups is 3. The zero-order chi connectivity index (χ0) is 31.7. The lowest BCUT2D eigenvalue weighted by Crippen LogP contribution is -2.57. The molecule has 45 heavy (non-hydrogen) atoms. The van der Waals surface area contributed by atoms with E-state index in [2.05, 4.69) is 20.9 Å². The van der Waals surface area contributed by atoms with E-state index in [1.165, 1.54) is 11.8 Å². The molecular formula is C34H34BrClN4O4S. The molecule has 3 aromatic carbocycles. The maximum absolute atomic E-state index is 15.0. The first kappa shape index (κ1) is 31.5. The molecule has 0 aliphatic carbocycles. The van der Waals surface area contributed by atoms with Gasteiger partial charge < -0.3 is 24.4 Å². The summed E-state index contributed by atoms with van der Waals surface area (Å²) < 4.78 is 4.98. The molecule has 8 nitrogen and oxygen atoms in total. The molecule has 0 saturated carbocycles. The van der Waals surface area contributed by atoms with Crippen LogP contribution < -0.4 is 0 Å². The molecule has 3 amide bonds. The van der Waals surface area contributed by atoms with Crippen molar-refractivity contribution in [2.75, 3.05) is 32.8 Å². The van der Waals surface area contributed by atoms with Crippen LogP contribution in [0.5, 0.6) is 0 Å². The zero-order valence-electron chi connectivity index (χ0n) is 25.1. The summed E-state index contributed by atoms with van der Waals surface area (Å²) in [7, 11) is 0. The lowest BCUT2D eigenvalue weighted by atomic mass is 9.90. The lowest BCUT2D eigenvalue weighted by Gasteiger charge is -2.42. The molecule has 2 atom stereocenters. The second-order valence-corrected chi connectivity index (χ2v) is 14.2. The van der Waals surface area contributed by atoms with E-state index in [-0.39, 0.29) is 24.3 Å². The maximum Gasteiger partial charge on any atom is 0.409 e. The molecule has 2 fully saturated rings. The van der Waals surface area contributed by atoms with Crippen molar-refractivity contribution >= 4 is 68.1 Å². The highest BCUT2D eigenvalue weighted by atomic mass is 79.9. The summed E-state index contributed by atoms with van der Waals surface area (Å²) in [6, 6.07) is 21.0. The zero-order valence-corrected chi connectivity index (χ0v) is 28.3. The average Bonchev–Trinajstić information content (AvgIpc) is 3.56. The van der Waals surface area contributed by atoms with Crippen molar-refractivity contribution in [2.45, 2.75) is 42.5 Å². The van der Waals surface area contributed by atoms with Crippen LogP contribution in [0.25, 0.3) is 10.9 Å². The smallest absolute Gasteiger partial charge is 0.409 e. The number of rotatable bonds is 7. The Hall–Kier alpha value is -3.47. The number of amides is 3. The van der Waals surface area contributed by atoms with Gasteiger partial charge in [-0.05, 0) is 55.8 Å². The van der Waals surface area contributed by atoms with Crippen molar-refractivity contribution < 1.29 is 19.1 Å². The maximum atomic E-state index is 15.0. The largest absolute Gasteiger partial charge is 0.450 e. The van der Waals surface area contributed by atoms with E-state index in [0.717, 1.165) is 37.0 Å². The predicted octanol–water partition coefficient (Wildman–Crippen LogP) is 7.20. The van der Waals surface area contributed by atoms with E-state index < -0.39 is 10.8 Å². The summed E-state index contributed by atoms with van der Waals surface area (Å²) in [5, 5.41) is 1.51. The first-order chi connectivity index (χ1) is 21.7. The number of fused-ring (bicyclic) bond motifs is 1. The number of thioether (sulfide) groups is 1. The standard InChI is InChI=1S/C34H34BrClN4O4S/c1-3-44-33(43)39-16-14-38(15-17-39)32(42)34(45-26-11-4-22(2)5-12-26)19-30(41)40(21-23-6-8-24(35)9-7-23)31(34)28-20-37-29-18-25(36)10-13-27(28)29/h4-13,18,20,31,37H,3,14-17,19,21H2,1-2H3. The Morgan fingerprint density at radius 1 is 1.02 bits per heavy atom. The van der Waals surface area contributed by atoms with Crippen LogP contribution in [0.2, 0.25) is 5.02 Å². The summed E-state index contributed by atoms with van der Waals surface area (Å²) in [6.07, 6.45) is 1.57. The fraction of sp³-hybridized carbons (Fsp3) is 0.324. The van der Waals surface area contributed by atoms with Gasteiger partial charge in [-0.3, -0.25) is 9.59 Å². The van der Waals surface area contributed by atoms with Gasteiger partial charge in [-0.2, -0.15) is 0 Å². The quantitative estimate of drug-likeness (QED) is 0.220. The van der Waals surface area contributed by atoms with E-state index in [0.29, 0.717) is 44.4 Å². The van der Waals surface area contributed by atoms with Gasteiger partial charge in [0.15, 0.2) is 0 Å². The molecule has 0 bridgehead atoms. The van der Waals surface area contributed by atoms with Crippen molar-refractivity contribution in [1.29, 1.82) is 0 Å². The first-order valence-electron chi connectivity index (χ1n) is 15.0. The molecule has 1 N–H and O–H groups in total. The molecular weight excluding hydrogens is 676 g/mol. The SMILES string of the molecule is CCOC(=O)N1CCN(C(=O)C2(Sc3ccc(C)cc3)CC(=O)N(Cc3ccc(Br)cc3)C2c2c[nH]c3cc(Cl)ccc23)CC1. The molecule has 11 heteroatoms. The molecule has 1 aromatic heterocycles. The van der Waals surface area contributed by atoms with Crippen LogP contribution in [0.1, 0.15) is 36.1 Å². The van der Waals surface area contributed by atoms with Crippen molar-refractivity contribution in [2.24, 2.45) is 0 Å². The summed E-state index contributed by atoms with van der Waals surface area (Å²) in [6.45, 7) is 5.87. The van der Waals surface area contributed by atoms with Crippen LogP contribution in [0.3, 0.4) is 0 Å². The summed E-state index contributed by atoms with van der Waals surface area (Å²) in [5.41, 5.74) is 3.78. The van der Waals surface area contributed by atoms with E-state index in [9.17, 15) is 9.59 Å². The van der Waals surface area contributed by atoms with Gasteiger partial charge in [-0.1, -0.05) is 63.4 Å². The average molecular weight is 710 g/mol. The Bertz CT molecular complexity index is 1720. The number of benzene rings is 3. The van der Waals surface area contributed by atoms with Gasteiger partial charge in [0.2, 0.25) is 11.8 Å². The lowest BCUT2D eigenvalue weighted by molar-refractivity contribution is -0.136. The Kier molecular flexibility index (Phi) is 9.17. The molecule has 3 heterocycles. The molecule has 6 rings (SSSR count). The number of nitrogens with zero attached hydrogens (tertiary/aromatic N) is 3. The van der Waals surface area contributed by atoms with Gasteiger partial charge in [-0.15, -0.1) is 11.8 Å². The number of H-pyrrole nitrogens is 1. The van der Waals surface area contributed by atoms with Gasteiger partial charge >= 0.3 is 6.09 Å². The predicted molar refractivity (Wildman–Crippen MR) is 180 cm³/mol. The highest BCUT2D eigenvalue weighted by molar-refractivity contribution is 9.10. The number of carbonyl (C=O) groups excluding carboxylic acids is 3. The van der Waals surface area contributed by atoms with Crippen molar-refractivity contribution in [1.82, 2.24) is 19.7 Å². The van der Waals surface area contributed by atoms with Gasteiger partial charge in [-0.25, -0.2) is 4.79 Å². The number of aromatic nitrogens is 1. The molecule has 0 spiro atoms. The van der Waals surface area contributed by atoms with Gasteiger partial charge in [0.25, 0.3) is 0 Å². The van der Waals surface area contributed by atoms with Crippen LogP contribution in [0.15, 0.2) is 82.3 Å². The van der Waals surface area contributed by atoms with Gasteiger partial charge in [0.05, 0.1) is 19.1 Å². The monoisotopic (exact) mass is 708 g/mol. The van der Waals surface area contributed by atoms with Gasteiger partial charge in [0.1, 0.15) is 4.75 Å². The fourth-order valence-electron chi connectivity index (χ4n) is 6.27. The summed E-state index contributed by atoms with van der Waals surface area (Å²) >= 11 is 11.3. The number of aromatic amines is 1. The van der Waals surface area contributed by atoms with Crippen LogP contribution in [-0.2, 0) is 20.9 Å². The Labute approximate surface area is 280 Å². The van der Waals surface area contributed by atoms with E-state index in [4.69, 9.17) is 16.3 Å². The highest BCUT2D eigenvalue weighted by Crippen LogP contribution is 2.55. The normalized spacial score (nSPS) is 20.2. The Morgan fingerprint density at radius 2 is 1.71 bits per heavy atom. The number of hydrogen-bond acceptors (Lipinski definition) is 5. The third kappa shape index (κ3) is 6.33. The second-order valence-electron chi connectivity index (χ2n) is 11.4. The minimum atomic E-state index is -1.18. The number of ether oxygens (including phenoxy) is 1. The topological polar surface area (TPSA) is 85.9 Å². The second kappa shape index (κ2) is 13.1. The van der Waals surface area contributed by atoms with Crippen molar-refractivity contribution in [3.63, 3.8) is 0 Å². The van der Waals surface area contributed by atoms with E-state index in [1.54, 1.807) is 11.8 Å². The summed E-state index contributed by atoms with van der Waals surface area (Å²) in [4.78, 5) is 51.3. The molecule has 234 valence electrons. The number of halogens is 2. The highest BCUT2D eigenvalue weighted by Gasteiger charge is 2.60. The number of likely N-dealkylation sites (tertiary alicyclic amines) is 1. The Morgan fingerprint density at radius 3 is 2.40 bits per heavy atom. The molecule has 2 saturated heterocycles. The van der Waals surface area contributed by atoms with Crippen molar-refractivity contribution in [3.8, 4) is 0 Å². The number of aryl methyl sites for hydroxylation is 1. The molecule has 4 aromatic rings. The Balaban J connectivity index is 1.46. The summed E-state index contributed by atoms with van der Waals surface area (Å²) in [5.74, 6) is -0.207. The number of hydrogen-bond donors (Lipinski definition) is 1. The number of piperazine rings is 1. The van der Waals surface area contributed by atoms with Crippen LogP contribution in [0, 0.1) is 6.92 Å². The molecule has 0 radical (unpaired) electrons. The van der Waals surface area contributed by atoms with Crippen LogP contribution in [0.4, 0.5) is 4.79 Å². The third-order valence-electron chi connectivity index (χ3n) is 8.50. The van der Waals surface area contributed by atoms with Crippen molar-refractivity contribution in [3.05, 3.63) is 99.1 Å². The van der Waals surface area contributed by atoms with E-state index >= 15 is 4.79 Å².